The lowest BCUT2D eigenvalue weighted by molar-refractivity contribution is 0.346. The zero-order valence-corrected chi connectivity index (χ0v) is 18.7. The van der Waals surface area contributed by atoms with Crippen molar-refractivity contribution in [2.24, 2.45) is 0 Å². The number of hydrogen-bond donors (Lipinski definition) is 3. The summed E-state index contributed by atoms with van der Waals surface area (Å²) >= 11 is 0. The summed E-state index contributed by atoms with van der Waals surface area (Å²) in [5, 5.41) is 14.7. The molecule has 1 fully saturated rings. The Bertz CT molecular complexity index is 1180. The van der Waals surface area contributed by atoms with Crippen LogP contribution in [0.1, 0.15) is 30.1 Å². The van der Waals surface area contributed by atoms with E-state index in [4.69, 9.17) is 5.10 Å². The van der Waals surface area contributed by atoms with Crippen LogP contribution in [-0.2, 0) is 9.84 Å². The minimum Gasteiger partial charge on any atom is -0.325 e. The Kier molecular flexibility index (Phi) is 5.92. The average Bonchev–Trinajstić information content (AvgIpc) is 3.03. The molecule has 1 aliphatic rings. The van der Waals surface area contributed by atoms with Gasteiger partial charge in [-0.3, -0.25) is 0 Å². The highest BCUT2D eigenvalue weighted by Gasteiger charge is 2.22. The van der Waals surface area contributed by atoms with Crippen LogP contribution in [0.2, 0.25) is 0 Å². The Hall–Kier alpha value is -2.98. The predicted octanol–water partition coefficient (Wildman–Crippen LogP) is 3.11. The molecule has 3 heterocycles. The highest BCUT2D eigenvalue weighted by atomic mass is 32.2. The molecule has 3 N–H and O–H groups in total. The Morgan fingerprint density at radius 2 is 1.90 bits per heavy atom. The van der Waals surface area contributed by atoms with E-state index in [2.05, 4.69) is 37.5 Å². The van der Waals surface area contributed by atoms with Gasteiger partial charge in [-0.1, -0.05) is 6.07 Å². The lowest BCUT2D eigenvalue weighted by atomic mass is 10.1. The Morgan fingerprint density at radius 3 is 2.65 bits per heavy atom. The number of anilines is 4. The second kappa shape index (κ2) is 8.64. The van der Waals surface area contributed by atoms with E-state index in [9.17, 15) is 8.42 Å². The van der Waals surface area contributed by atoms with Gasteiger partial charge < -0.3 is 16.0 Å². The Labute approximate surface area is 182 Å². The van der Waals surface area contributed by atoms with E-state index in [1.807, 2.05) is 6.92 Å². The van der Waals surface area contributed by atoms with Gasteiger partial charge in [0.1, 0.15) is 11.6 Å². The van der Waals surface area contributed by atoms with Crippen LogP contribution < -0.4 is 16.0 Å². The van der Waals surface area contributed by atoms with E-state index in [0.717, 1.165) is 43.0 Å². The normalized spacial score (nSPS) is 15.1. The summed E-state index contributed by atoms with van der Waals surface area (Å²) < 4.78 is 25.7. The molecule has 0 aliphatic carbocycles. The van der Waals surface area contributed by atoms with Gasteiger partial charge >= 0.3 is 0 Å². The molecule has 9 nitrogen and oxygen atoms in total. The van der Waals surface area contributed by atoms with Gasteiger partial charge in [-0.25, -0.2) is 18.1 Å². The van der Waals surface area contributed by atoms with Gasteiger partial charge in [0.25, 0.3) is 0 Å². The molecule has 0 amide bonds. The number of sulfone groups is 1. The SMILES string of the molecule is Cc1nn(C2CCNCC2)c(Nc2ccnc(Nc3cccc(S(C)(=O)=O)c3)n2)c1C. The fourth-order valence-corrected chi connectivity index (χ4v) is 4.31. The molecule has 10 heteroatoms. The Balaban J connectivity index is 1.58. The summed E-state index contributed by atoms with van der Waals surface area (Å²) in [4.78, 5) is 9.06. The van der Waals surface area contributed by atoms with E-state index in [1.54, 1.807) is 36.5 Å². The van der Waals surface area contributed by atoms with Crippen LogP contribution >= 0.6 is 0 Å². The minimum absolute atomic E-state index is 0.240. The summed E-state index contributed by atoms with van der Waals surface area (Å²) in [6.07, 6.45) is 4.90. The first-order chi connectivity index (χ1) is 14.8. The summed E-state index contributed by atoms with van der Waals surface area (Å²) in [6.45, 7) is 6.03. The van der Waals surface area contributed by atoms with Crippen LogP contribution in [0.3, 0.4) is 0 Å². The molecule has 2 aromatic heterocycles. The third-order valence-electron chi connectivity index (χ3n) is 5.46. The third-order valence-corrected chi connectivity index (χ3v) is 6.57. The van der Waals surface area contributed by atoms with E-state index in [-0.39, 0.29) is 4.90 Å². The predicted molar refractivity (Wildman–Crippen MR) is 121 cm³/mol. The smallest absolute Gasteiger partial charge is 0.229 e. The monoisotopic (exact) mass is 441 g/mol. The molecule has 1 aliphatic heterocycles. The molecule has 4 rings (SSSR count). The average molecular weight is 442 g/mol. The van der Waals surface area contributed by atoms with Crippen molar-refractivity contribution in [3.63, 3.8) is 0 Å². The first-order valence-corrected chi connectivity index (χ1v) is 12.1. The number of aryl methyl sites for hydroxylation is 1. The molecule has 0 unspecified atom stereocenters. The van der Waals surface area contributed by atoms with Gasteiger partial charge in [0, 0.05) is 23.7 Å². The van der Waals surface area contributed by atoms with Gasteiger partial charge in [-0.2, -0.15) is 10.1 Å². The van der Waals surface area contributed by atoms with E-state index in [1.165, 1.54) is 6.26 Å². The van der Waals surface area contributed by atoms with Crippen molar-refractivity contribution in [2.75, 3.05) is 30.0 Å². The fraction of sp³-hybridized carbons (Fsp3) is 0.381. The zero-order chi connectivity index (χ0) is 22.0. The van der Waals surface area contributed by atoms with Crippen molar-refractivity contribution in [1.29, 1.82) is 0 Å². The maximum atomic E-state index is 11.8. The molecule has 0 atom stereocenters. The molecule has 0 radical (unpaired) electrons. The van der Waals surface area contributed by atoms with Crippen LogP contribution in [0, 0.1) is 13.8 Å². The van der Waals surface area contributed by atoms with Crippen molar-refractivity contribution < 1.29 is 8.42 Å². The van der Waals surface area contributed by atoms with Gasteiger partial charge in [0.05, 0.1) is 16.6 Å². The Morgan fingerprint density at radius 1 is 1.13 bits per heavy atom. The minimum atomic E-state index is -3.29. The standard InChI is InChI=1S/C21H27N7O2S/c1-14-15(2)27-28(17-7-10-22-11-8-17)20(14)25-19-9-12-23-21(26-19)24-16-5-4-6-18(13-16)31(3,29)30/h4-6,9,12-13,17,22H,7-8,10-11H2,1-3H3,(H2,23,24,25,26). The molecule has 3 aromatic rings. The maximum absolute atomic E-state index is 11.8. The molecule has 1 aromatic carbocycles. The van der Waals surface area contributed by atoms with Gasteiger partial charge in [0.15, 0.2) is 9.84 Å². The fourth-order valence-electron chi connectivity index (χ4n) is 3.64. The summed E-state index contributed by atoms with van der Waals surface area (Å²) in [7, 11) is -3.29. The first kappa shape index (κ1) is 21.3. The van der Waals surface area contributed by atoms with E-state index < -0.39 is 9.84 Å². The molecule has 0 spiro atoms. The number of rotatable bonds is 6. The van der Waals surface area contributed by atoms with Crippen LogP contribution in [0.25, 0.3) is 0 Å². The number of piperidine rings is 1. The summed E-state index contributed by atoms with van der Waals surface area (Å²) in [5.74, 6) is 1.95. The zero-order valence-electron chi connectivity index (χ0n) is 17.9. The van der Waals surface area contributed by atoms with Crippen LogP contribution in [0.15, 0.2) is 41.4 Å². The lowest BCUT2D eigenvalue weighted by Crippen LogP contribution is -2.30. The van der Waals surface area contributed by atoms with Gasteiger partial charge in [-0.05, 0) is 64.0 Å². The second-order valence-corrected chi connectivity index (χ2v) is 9.82. The summed E-state index contributed by atoms with van der Waals surface area (Å²) in [5.41, 5.74) is 2.69. The number of hydrogen-bond acceptors (Lipinski definition) is 8. The molecular weight excluding hydrogens is 414 g/mol. The van der Waals surface area contributed by atoms with Crippen molar-refractivity contribution in [2.45, 2.75) is 37.6 Å². The van der Waals surface area contributed by atoms with Crippen molar-refractivity contribution >= 4 is 33.1 Å². The topological polar surface area (TPSA) is 114 Å². The molecule has 1 saturated heterocycles. The largest absolute Gasteiger partial charge is 0.325 e. The van der Waals surface area contributed by atoms with Crippen LogP contribution in [0.4, 0.5) is 23.3 Å². The number of aromatic nitrogens is 4. The second-order valence-electron chi connectivity index (χ2n) is 7.80. The van der Waals surface area contributed by atoms with Crippen LogP contribution in [-0.4, -0.2) is 47.5 Å². The van der Waals surface area contributed by atoms with Gasteiger partial charge in [0.2, 0.25) is 5.95 Å². The third kappa shape index (κ3) is 4.86. The van der Waals surface area contributed by atoms with Crippen molar-refractivity contribution in [1.82, 2.24) is 25.1 Å². The van der Waals surface area contributed by atoms with Crippen LogP contribution in [0.5, 0.6) is 0 Å². The van der Waals surface area contributed by atoms with E-state index >= 15 is 0 Å². The maximum Gasteiger partial charge on any atom is 0.229 e. The molecule has 164 valence electrons. The number of nitrogens with zero attached hydrogens (tertiary/aromatic N) is 4. The summed E-state index contributed by atoms with van der Waals surface area (Å²) in [6, 6.07) is 8.73. The van der Waals surface area contributed by atoms with E-state index in [0.29, 0.717) is 23.5 Å². The highest BCUT2D eigenvalue weighted by Crippen LogP contribution is 2.29. The molecule has 31 heavy (non-hydrogen) atoms. The van der Waals surface area contributed by atoms with Crippen molar-refractivity contribution in [3.05, 3.63) is 47.8 Å². The van der Waals surface area contributed by atoms with Crippen molar-refractivity contribution in [3.8, 4) is 0 Å². The first-order valence-electron chi connectivity index (χ1n) is 10.2. The number of benzene rings is 1. The highest BCUT2D eigenvalue weighted by molar-refractivity contribution is 7.90. The molecule has 0 bridgehead atoms. The number of nitrogens with one attached hydrogen (secondary N) is 3. The van der Waals surface area contributed by atoms with Gasteiger partial charge in [-0.15, -0.1) is 0 Å². The quantitative estimate of drug-likeness (QED) is 0.535. The lowest BCUT2D eigenvalue weighted by Gasteiger charge is -2.25. The molecule has 0 saturated carbocycles. The molecular formula is C21H27N7O2S.